The van der Waals surface area contributed by atoms with Gasteiger partial charge in [0, 0.05) is 12.0 Å². The number of fused-ring (bicyclic) bond motifs is 2. The quantitative estimate of drug-likeness (QED) is 0.839. The van der Waals surface area contributed by atoms with Crippen LogP contribution in [-0.4, -0.2) is 24.7 Å². The minimum Gasteiger partial charge on any atom is -0.479 e. The highest BCUT2D eigenvalue weighted by molar-refractivity contribution is 6.34. The Balaban J connectivity index is 1.77. The number of carbonyl (C=O) groups is 1. The Labute approximate surface area is 139 Å². The van der Waals surface area contributed by atoms with Gasteiger partial charge in [0.2, 0.25) is 5.76 Å². The molecule has 0 bridgehead atoms. The third-order valence-corrected chi connectivity index (χ3v) is 5.31. The molecule has 0 radical (unpaired) electrons. The standard InChI is InChI=1S/C17H17ClN2O3/c1-22-14-9-13(23-19-14)16(21)20-10-17(7-2-3-8-17)11-5-4-6-12(18)15(11)20/h4-6,9H,2-3,7-8,10H2,1H3. The molecule has 1 amide bonds. The fourth-order valence-corrected chi connectivity index (χ4v) is 4.20. The molecule has 1 aliphatic carbocycles. The molecular formula is C17H17ClN2O3. The molecule has 1 fully saturated rings. The second-order valence-electron chi connectivity index (χ2n) is 6.25. The van der Waals surface area contributed by atoms with Crippen LogP contribution in [0.25, 0.3) is 0 Å². The maximum absolute atomic E-state index is 12.9. The molecule has 1 aromatic carbocycles. The number of rotatable bonds is 2. The summed E-state index contributed by atoms with van der Waals surface area (Å²) >= 11 is 6.43. The number of hydrogen-bond donors (Lipinski definition) is 0. The van der Waals surface area contributed by atoms with Crippen molar-refractivity contribution in [2.45, 2.75) is 31.1 Å². The lowest BCUT2D eigenvalue weighted by Crippen LogP contribution is -2.35. The Bertz CT molecular complexity index is 765. The molecule has 1 aromatic heterocycles. The topological polar surface area (TPSA) is 55.6 Å². The third-order valence-electron chi connectivity index (χ3n) is 5.00. The number of halogens is 1. The van der Waals surface area contributed by atoms with E-state index in [9.17, 15) is 4.79 Å². The summed E-state index contributed by atoms with van der Waals surface area (Å²) in [7, 11) is 1.49. The molecule has 4 rings (SSSR count). The van der Waals surface area contributed by atoms with Gasteiger partial charge in [-0.25, -0.2) is 0 Å². The van der Waals surface area contributed by atoms with Crippen LogP contribution in [0.3, 0.4) is 0 Å². The SMILES string of the molecule is COc1cc(C(=O)N2CC3(CCCC3)c3cccc(Cl)c32)on1. The maximum Gasteiger partial charge on any atom is 0.297 e. The fraction of sp³-hybridized carbons (Fsp3) is 0.412. The van der Waals surface area contributed by atoms with Crippen molar-refractivity contribution < 1.29 is 14.1 Å². The number of anilines is 1. The van der Waals surface area contributed by atoms with Gasteiger partial charge in [-0.05, 0) is 29.6 Å². The first-order chi connectivity index (χ1) is 11.1. The van der Waals surface area contributed by atoms with Crippen LogP contribution in [0.2, 0.25) is 5.02 Å². The van der Waals surface area contributed by atoms with Crippen LogP contribution < -0.4 is 9.64 Å². The number of para-hydroxylation sites is 1. The normalized spacial score (nSPS) is 18.4. The first-order valence-electron chi connectivity index (χ1n) is 7.76. The maximum atomic E-state index is 12.9. The van der Waals surface area contributed by atoms with Gasteiger partial charge in [0.15, 0.2) is 0 Å². The van der Waals surface area contributed by atoms with E-state index in [0.29, 0.717) is 17.4 Å². The predicted molar refractivity (Wildman–Crippen MR) is 86.3 cm³/mol. The lowest BCUT2D eigenvalue weighted by molar-refractivity contribution is 0.0949. The number of hydrogen-bond acceptors (Lipinski definition) is 4. The van der Waals surface area contributed by atoms with E-state index >= 15 is 0 Å². The van der Waals surface area contributed by atoms with E-state index in [1.165, 1.54) is 31.6 Å². The minimum absolute atomic E-state index is 0.0278. The zero-order chi connectivity index (χ0) is 16.0. The molecule has 0 unspecified atom stereocenters. The van der Waals surface area contributed by atoms with Crippen molar-refractivity contribution in [3.8, 4) is 5.88 Å². The second kappa shape index (κ2) is 5.27. The number of benzene rings is 1. The molecule has 6 heteroatoms. The molecule has 0 saturated heterocycles. The lowest BCUT2D eigenvalue weighted by Gasteiger charge is -2.24. The van der Waals surface area contributed by atoms with Crippen LogP contribution >= 0.6 is 11.6 Å². The Kier molecular flexibility index (Phi) is 3.34. The zero-order valence-electron chi connectivity index (χ0n) is 12.8. The summed E-state index contributed by atoms with van der Waals surface area (Å²) in [5.74, 6) is 0.240. The molecule has 2 heterocycles. The summed E-state index contributed by atoms with van der Waals surface area (Å²) in [5.41, 5.74) is 2.03. The largest absolute Gasteiger partial charge is 0.479 e. The summed E-state index contributed by atoms with van der Waals surface area (Å²) < 4.78 is 10.1. The van der Waals surface area contributed by atoms with Crippen LogP contribution in [-0.2, 0) is 5.41 Å². The fourth-order valence-electron chi connectivity index (χ4n) is 3.93. The van der Waals surface area contributed by atoms with Crippen molar-refractivity contribution in [3.05, 3.63) is 40.6 Å². The highest BCUT2D eigenvalue weighted by Crippen LogP contribution is 2.52. The molecular weight excluding hydrogens is 316 g/mol. The summed E-state index contributed by atoms with van der Waals surface area (Å²) in [6, 6.07) is 7.40. The van der Waals surface area contributed by atoms with Crippen LogP contribution in [0.1, 0.15) is 41.8 Å². The molecule has 5 nitrogen and oxygen atoms in total. The summed E-state index contributed by atoms with van der Waals surface area (Å²) in [6.45, 7) is 0.647. The molecule has 23 heavy (non-hydrogen) atoms. The molecule has 2 aromatic rings. The van der Waals surface area contributed by atoms with E-state index in [4.69, 9.17) is 20.9 Å². The van der Waals surface area contributed by atoms with Crippen LogP contribution in [0.5, 0.6) is 5.88 Å². The smallest absolute Gasteiger partial charge is 0.297 e. The summed E-state index contributed by atoms with van der Waals surface area (Å²) in [4.78, 5) is 14.6. The van der Waals surface area contributed by atoms with Gasteiger partial charge in [0.05, 0.1) is 23.9 Å². The molecule has 1 aliphatic heterocycles. The van der Waals surface area contributed by atoms with Gasteiger partial charge >= 0.3 is 0 Å². The first kappa shape index (κ1) is 14.6. The first-order valence-corrected chi connectivity index (χ1v) is 8.14. The Morgan fingerprint density at radius 3 is 2.87 bits per heavy atom. The van der Waals surface area contributed by atoms with E-state index in [-0.39, 0.29) is 17.1 Å². The molecule has 1 saturated carbocycles. The molecule has 0 N–H and O–H groups in total. The third kappa shape index (κ3) is 2.14. The van der Waals surface area contributed by atoms with Gasteiger partial charge in [-0.3, -0.25) is 4.79 Å². The van der Waals surface area contributed by atoms with Crippen LogP contribution in [0, 0.1) is 0 Å². The van der Waals surface area contributed by atoms with Gasteiger partial charge in [-0.15, -0.1) is 0 Å². The van der Waals surface area contributed by atoms with Crippen molar-refractivity contribution in [2.75, 3.05) is 18.6 Å². The summed E-state index contributed by atoms with van der Waals surface area (Å²) in [6.07, 6.45) is 4.54. The number of nitrogens with zero attached hydrogens (tertiary/aromatic N) is 2. The van der Waals surface area contributed by atoms with Gasteiger partial charge in [0.1, 0.15) is 0 Å². The van der Waals surface area contributed by atoms with Gasteiger partial charge in [0.25, 0.3) is 11.8 Å². The number of aromatic nitrogens is 1. The average molecular weight is 333 g/mol. The number of carbonyl (C=O) groups excluding carboxylic acids is 1. The molecule has 0 atom stereocenters. The van der Waals surface area contributed by atoms with E-state index in [1.807, 2.05) is 12.1 Å². The number of methoxy groups -OCH3 is 1. The van der Waals surface area contributed by atoms with Gasteiger partial charge in [-0.2, -0.15) is 0 Å². The Morgan fingerprint density at radius 1 is 1.39 bits per heavy atom. The van der Waals surface area contributed by atoms with Crippen molar-refractivity contribution in [1.29, 1.82) is 0 Å². The van der Waals surface area contributed by atoms with E-state index in [2.05, 4.69) is 11.2 Å². The predicted octanol–water partition coefficient (Wildman–Crippen LogP) is 3.81. The highest BCUT2D eigenvalue weighted by atomic mass is 35.5. The molecule has 2 aliphatic rings. The van der Waals surface area contributed by atoms with Crippen molar-refractivity contribution in [3.63, 3.8) is 0 Å². The van der Waals surface area contributed by atoms with Crippen molar-refractivity contribution in [2.24, 2.45) is 0 Å². The van der Waals surface area contributed by atoms with E-state index in [0.717, 1.165) is 18.5 Å². The summed E-state index contributed by atoms with van der Waals surface area (Å²) in [5, 5.41) is 4.32. The lowest BCUT2D eigenvalue weighted by atomic mass is 9.81. The van der Waals surface area contributed by atoms with Gasteiger partial charge in [-0.1, -0.05) is 36.6 Å². The van der Waals surface area contributed by atoms with E-state index < -0.39 is 0 Å². The second-order valence-corrected chi connectivity index (χ2v) is 6.66. The Hall–Kier alpha value is -2.01. The van der Waals surface area contributed by atoms with Crippen molar-refractivity contribution >= 4 is 23.2 Å². The number of ether oxygens (including phenoxy) is 1. The molecule has 120 valence electrons. The number of amides is 1. The zero-order valence-corrected chi connectivity index (χ0v) is 13.6. The molecule has 1 spiro atoms. The monoisotopic (exact) mass is 332 g/mol. The average Bonchev–Trinajstić information content (AvgIpc) is 3.28. The van der Waals surface area contributed by atoms with Crippen molar-refractivity contribution in [1.82, 2.24) is 5.16 Å². The van der Waals surface area contributed by atoms with Crippen LogP contribution in [0.4, 0.5) is 5.69 Å². The highest BCUT2D eigenvalue weighted by Gasteiger charge is 2.47. The van der Waals surface area contributed by atoms with Crippen LogP contribution in [0.15, 0.2) is 28.8 Å². The Morgan fingerprint density at radius 2 is 2.17 bits per heavy atom. The van der Waals surface area contributed by atoms with E-state index in [1.54, 1.807) is 4.90 Å². The minimum atomic E-state index is -0.223. The van der Waals surface area contributed by atoms with Gasteiger partial charge < -0.3 is 14.2 Å².